The number of halogens is 1. The molecule has 10 nitrogen and oxygen atoms in total. The summed E-state index contributed by atoms with van der Waals surface area (Å²) in [5, 5.41) is 6.19. The molecular formula is C28H29ClN4O6S. The third-order valence-electron chi connectivity index (χ3n) is 5.85. The predicted molar refractivity (Wildman–Crippen MR) is 151 cm³/mol. The standard InChI is InChI=1S/C28H29ClN4O6S/c1-16(32-25(34)19-10-11-30-23(12-19)26(35)33-17(2)27(36)37-3)4-8-21-14-31-28(40-21)39-24-9-7-20(13-22(24)29)38-15-18-5-6-18/h4,7-14,16-18H,5-6,15H2,1-3H3,(H,32,34)(H,33,35)/t16-,17+/m0/s1. The molecule has 1 aliphatic rings. The predicted octanol–water partition coefficient (Wildman–Crippen LogP) is 4.90. The van der Waals surface area contributed by atoms with Crippen LogP contribution in [0.5, 0.6) is 16.7 Å². The van der Waals surface area contributed by atoms with Gasteiger partial charge in [0.1, 0.15) is 23.2 Å². The van der Waals surface area contributed by atoms with Gasteiger partial charge in [-0.05, 0) is 62.9 Å². The number of hydrogen-bond donors (Lipinski definition) is 2. The molecule has 210 valence electrons. The van der Waals surface area contributed by atoms with Gasteiger partial charge in [0.05, 0.1) is 23.6 Å². The number of thiazole rings is 1. The fraction of sp³-hybridized carbons (Fsp3) is 0.321. The fourth-order valence-corrected chi connectivity index (χ4v) is 4.32. The highest BCUT2D eigenvalue weighted by Crippen LogP contribution is 2.35. The average molecular weight is 585 g/mol. The van der Waals surface area contributed by atoms with E-state index < -0.39 is 17.9 Å². The van der Waals surface area contributed by atoms with Gasteiger partial charge in [-0.3, -0.25) is 14.6 Å². The zero-order chi connectivity index (χ0) is 28.6. The Hall–Kier alpha value is -3.96. The Morgan fingerprint density at radius 3 is 2.65 bits per heavy atom. The molecule has 0 bridgehead atoms. The minimum atomic E-state index is -0.853. The molecule has 0 radical (unpaired) electrons. The van der Waals surface area contributed by atoms with E-state index in [4.69, 9.17) is 21.1 Å². The molecule has 4 rings (SSSR count). The van der Waals surface area contributed by atoms with E-state index in [1.807, 2.05) is 19.1 Å². The van der Waals surface area contributed by atoms with E-state index >= 15 is 0 Å². The Labute approximate surface area is 240 Å². The maximum absolute atomic E-state index is 12.7. The first kappa shape index (κ1) is 29.0. The molecule has 0 spiro atoms. The molecule has 40 heavy (non-hydrogen) atoms. The van der Waals surface area contributed by atoms with Gasteiger partial charge in [0.2, 0.25) is 0 Å². The summed E-state index contributed by atoms with van der Waals surface area (Å²) in [6.07, 6.45) is 9.08. The summed E-state index contributed by atoms with van der Waals surface area (Å²) in [5.74, 6) is 0.275. The molecule has 1 saturated carbocycles. The number of nitrogens with one attached hydrogen (secondary N) is 2. The van der Waals surface area contributed by atoms with Crippen molar-refractivity contribution in [2.24, 2.45) is 5.92 Å². The number of ether oxygens (including phenoxy) is 3. The number of amides is 2. The van der Waals surface area contributed by atoms with Crippen LogP contribution in [0.25, 0.3) is 6.08 Å². The number of methoxy groups -OCH3 is 1. The van der Waals surface area contributed by atoms with Crippen molar-refractivity contribution >= 4 is 46.8 Å². The van der Waals surface area contributed by atoms with Crippen LogP contribution in [0.3, 0.4) is 0 Å². The van der Waals surface area contributed by atoms with Crippen LogP contribution in [0.15, 0.2) is 48.8 Å². The van der Waals surface area contributed by atoms with Gasteiger partial charge in [-0.25, -0.2) is 9.78 Å². The van der Waals surface area contributed by atoms with Gasteiger partial charge in [0.15, 0.2) is 0 Å². The number of hydrogen-bond acceptors (Lipinski definition) is 9. The number of nitrogens with zero attached hydrogens (tertiary/aromatic N) is 2. The summed E-state index contributed by atoms with van der Waals surface area (Å²) in [7, 11) is 1.23. The number of benzene rings is 1. The Morgan fingerprint density at radius 2 is 1.93 bits per heavy atom. The highest BCUT2D eigenvalue weighted by Gasteiger charge is 2.22. The lowest BCUT2D eigenvalue weighted by atomic mass is 10.2. The molecule has 1 fully saturated rings. The van der Waals surface area contributed by atoms with E-state index in [2.05, 4.69) is 25.3 Å². The first-order valence-electron chi connectivity index (χ1n) is 12.6. The van der Waals surface area contributed by atoms with Gasteiger partial charge in [-0.2, -0.15) is 0 Å². The van der Waals surface area contributed by atoms with Crippen molar-refractivity contribution in [2.45, 2.75) is 38.8 Å². The van der Waals surface area contributed by atoms with Crippen LogP contribution in [0.4, 0.5) is 0 Å². The largest absolute Gasteiger partial charge is 0.493 e. The molecule has 2 atom stereocenters. The highest BCUT2D eigenvalue weighted by atomic mass is 35.5. The molecule has 2 N–H and O–H groups in total. The number of rotatable bonds is 12. The second kappa shape index (κ2) is 13.4. The summed E-state index contributed by atoms with van der Waals surface area (Å²) < 4.78 is 16.2. The van der Waals surface area contributed by atoms with Crippen LogP contribution in [0, 0.1) is 5.92 Å². The molecule has 0 aliphatic heterocycles. The van der Waals surface area contributed by atoms with Gasteiger partial charge in [0.25, 0.3) is 17.0 Å². The second-order valence-corrected chi connectivity index (χ2v) is 10.7. The Bertz CT molecular complexity index is 1410. The Morgan fingerprint density at radius 1 is 1.12 bits per heavy atom. The van der Waals surface area contributed by atoms with Crippen molar-refractivity contribution in [3.05, 3.63) is 70.0 Å². The van der Waals surface area contributed by atoms with E-state index in [9.17, 15) is 14.4 Å². The molecule has 2 amide bonds. The lowest BCUT2D eigenvalue weighted by Gasteiger charge is -2.12. The number of aromatic nitrogens is 2. The summed E-state index contributed by atoms with van der Waals surface area (Å²) in [6, 6.07) is 6.98. The summed E-state index contributed by atoms with van der Waals surface area (Å²) >= 11 is 7.68. The second-order valence-electron chi connectivity index (χ2n) is 9.25. The lowest BCUT2D eigenvalue weighted by molar-refractivity contribution is -0.142. The molecule has 1 aromatic carbocycles. The zero-order valence-corrected chi connectivity index (χ0v) is 23.8. The first-order chi connectivity index (χ1) is 19.2. The average Bonchev–Trinajstić information content (AvgIpc) is 3.68. The van der Waals surface area contributed by atoms with Gasteiger partial charge in [-0.15, -0.1) is 0 Å². The molecule has 12 heteroatoms. The van der Waals surface area contributed by atoms with Crippen molar-refractivity contribution in [2.75, 3.05) is 13.7 Å². The van der Waals surface area contributed by atoms with E-state index in [-0.39, 0.29) is 23.2 Å². The molecular weight excluding hydrogens is 556 g/mol. The van der Waals surface area contributed by atoms with Gasteiger partial charge in [-0.1, -0.05) is 29.0 Å². The van der Waals surface area contributed by atoms with E-state index in [0.717, 1.165) is 4.88 Å². The SMILES string of the molecule is COC(=O)[C@@H](C)NC(=O)c1cc(C(=O)N[C@@H](C)C=Cc2cnc(Oc3ccc(OCC4CC4)cc3Cl)s2)ccn1. The third kappa shape index (κ3) is 8.27. The number of esters is 1. The first-order valence-corrected chi connectivity index (χ1v) is 13.8. The van der Waals surface area contributed by atoms with Crippen molar-refractivity contribution in [3.63, 3.8) is 0 Å². The summed E-state index contributed by atoms with van der Waals surface area (Å²) in [5.41, 5.74) is 0.254. The smallest absolute Gasteiger partial charge is 0.328 e. The van der Waals surface area contributed by atoms with Crippen LogP contribution >= 0.6 is 22.9 Å². The van der Waals surface area contributed by atoms with Crippen LogP contribution in [0.2, 0.25) is 5.02 Å². The summed E-state index contributed by atoms with van der Waals surface area (Å²) in [6.45, 7) is 4.01. The van der Waals surface area contributed by atoms with Gasteiger partial charge >= 0.3 is 5.97 Å². The summed E-state index contributed by atoms with van der Waals surface area (Å²) in [4.78, 5) is 45.7. The van der Waals surface area contributed by atoms with Crippen LogP contribution in [-0.4, -0.2) is 53.6 Å². The van der Waals surface area contributed by atoms with E-state index in [1.165, 1.54) is 56.5 Å². The van der Waals surface area contributed by atoms with Crippen LogP contribution in [-0.2, 0) is 9.53 Å². The fourth-order valence-electron chi connectivity index (χ4n) is 3.42. The molecule has 2 aromatic heterocycles. The van der Waals surface area contributed by atoms with Crippen molar-refractivity contribution < 1.29 is 28.6 Å². The molecule has 3 aromatic rings. The maximum atomic E-state index is 12.7. The minimum Gasteiger partial charge on any atom is -0.493 e. The Kier molecular flexibility index (Phi) is 9.73. The number of pyridine rings is 1. The third-order valence-corrected chi connectivity index (χ3v) is 6.99. The molecule has 0 saturated heterocycles. The highest BCUT2D eigenvalue weighted by molar-refractivity contribution is 7.14. The van der Waals surface area contributed by atoms with Gasteiger partial charge in [0, 0.05) is 30.1 Å². The molecule has 2 heterocycles. The van der Waals surface area contributed by atoms with Crippen LogP contribution < -0.4 is 20.1 Å². The normalized spacial score (nSPS) is 14.3. The van der Waals surface area contributed by atoms with E-state index in [0.29, 0.717) is 34.2 Å². The van der Waals surface area contributed by atoms with Crippen molar-refractivity contribution in [3.8, 4) is 16.7 Å². The van der Waals surface area contributed by atoms with Gasteiger partial charge < -0.3 is 24.8 Å². The topological polar surface area (TPSA) is 129 Å². The van der Waals surface area contributed by atoms with Crippen LogP contribution in [0.1, 0.15) is 52.4 Å². The quantitative estimate of drug-likeness (QED) is 0.288. The minimum absolute atomic E-state index is 0.00400. The number of carbonyl (C=O) groups is 3. The van der Waals surface area contributed by atoms with E-state index in [1.54, 1.807) is 24.4 Å². The monoisotopic (exact) mass is 584 g/mol. The maximum Gasteiger partial charge on any atom is 0.328 e. The lowest BCUT2D eigenvalue weighted by Crippen LogP contribution is -2.39. The molecule has 1 aliphatic carbocycles. The Balaban J connectivity index is 1.29. The zero-order valence-electron chi connectivity index (χ0n) is 22.2. The van der Waals surface area contributed by atoms with Crippen molar-refractivity contribution in [1.82, 2.24) is 20.6 Å². The number of carbonyl (C=O) groups excluding carboxylic acids is 3. The molecule has 0 unspecified atom stereocenters. The van der Waals surface area contributed by atoms with Crippen molar-refractivity contribution in [1.29, 1.82) is 0 Å².